The van der Waals surface area contributed by atoms with Gasteiger partial charge in [0.2, 0.25) is 0 Å². The minimum Gasteiger partial charge on any atom is -0.433 e. The highest BCUT2D eigenvalue weighted by Gasteiger charge is 2.35. The largest absolute Gasteiger partial charge is 0.433 e. The lowest BCUT2D eigenvalue weighted by Gasteiger charge is -2.24. The van der Waals surface area contributed by atoms with Crippen LogP contribution in [0.25, 0.3) is 16.7 Å². The first-order chi connectivity index (χ1) is 13.9. The molecule has 5 nitrogen and oxygen atoms in total. The van der Waals surface area contributed by atoms with Gasteiger partial charge in [0.15, 0.2) is 5.75 Å². The van der Waals surface area contributed by atoms with Crippen LogP contribution in [0.2, 0.25) is 0 Å². The van der Waals surface area contributed by atoms with Crippen LogP contribution in [0.3, 0.4) is 0 Å². The van der Waals surface area contributed by atoms with E-state index in [0.29, 0.717) is 23.5 Å². The SMILES string of the molecule is CC.CCC1c2nc3ccc(C)cc3n2-c2c(OC(F)F)cccc2C(=O)N1C. The quantitative estimate of drug-likeness (QED) is 0.582. The van der Waals surface area contributed by atoms with Gasteiger partial charge in [-0.3, -0.25) is 9.36 Å². The number of nitrogens with zero attached hydrogens (tertiary/aromatic N) is 3. The number of carbonyl (C=O) groups excluding carboxylic acids is 1. The Hall–Kier alpha value is -2.96. The Kier molecular flexibility index (Phi) is 5.86. The molecule has 0 saturated carbocycles. The molecule has 1 aliphatic rings. The van der Waals surface area contributed by atoms with Crippen LogP contribution >= 0.6 is 0 Å². The van der Waals surface area contributed by atoms with Crippen LogP contribution in [-0.2, 0) is 0 Å². The molecule has 1 amide bonds. The fourth-order valence-electron chi connectivity index (χ4n) is 3.74. The molecule has 0 bridgehead atoms. The maximum atomic E-state index is 13.1. The number of fused-ring (bicyclic) bond motifs is 5. The normalized spacial score (nSPS) is 15.5. The highest BCUT2D eigenvalue weighted by Crippen LogP contribution is 2.40. The number of hydrogen-bond donors (Lipinski definition) is 0. The van der Waals surface area contributed by atoms with Crippen LogP contribution in [0.1, 0.15) is 55.0 Å². The van der Waals surface area contributed by atoms with Gasteiger partial charge in [0.1, 0.15) is 11.5 Å². The third kappa shape index (κ3) is 3.45. The number of aromatic nitrogens is 2. The van der Waals surface area contributed by atoms with Crippen molar-refractivity contribution in [2.75, 3.05) is 7.05 Å². The molecule has 1 atom stereocenters. The van der Waals surface area contributed by atoms with E-state index in [9.17, 15) is 13.6 Å². The molecule has 0 N–H and O–H groups in total. The molecule has 0 spiro atoms. The zero-order valence-electron chi connectivity index (χ0n) is 17.2. The molecule has 29 heavy (non-hydrogen) atoms. The van der Waals surface area contributed by atoms with Gasteiger partial charge in [-0.15, -0.1) is 0 Å². The average Bonchev–Trinajstić information content (AvgIpc) is 3.02. The second-order valence-corrected chi connectivity index (χ2v) is 6.67. The van der Waals surface area contributed by atoms with Crippen molar-refractivity contribution in [2.24, 2.45) is 0 Å². The van der Waals surface area contributed by atoms with Gasteiger partial charge in [0.25, 0.3) is 5.91 Å². The first-order valence-electron chi connectivity index (χ1n) is 9.76. The number of hydrogen-bond acceptors (Lipinski definition) is 3. The van der Waals surface area contributed by atoms with Gasteiger partial charge >= 0.3 is 6.61 Å². The van der Waals surface area contributed by atoms with Crippen molar-refractivity contribution in [3.63, 3.8) is 0 Å². The first-order valence-corrected chi connectivity index (χ1v) is 9.76. The third-order valence-corrected chi connectivity index (χ3v) is 4.98. The molecule has 1 unspecified atom stereocenters. The predicted molar refractivity (Wildman–Crippen MR) is 109 cm³/mol. The molecular formula is C22H25F2N3O2. The number of aryl methyl sites for hydroxylation is 1. The third-order valence-electron chi connectivity index (χ3n) is 4.98. The number of benzene rings is 2. The Morgan fingerprint density at radius 3 is 2.59 bits per heavy atom. The molecular weight excluding hydrogens is 376 g/mol. The van der Waals surface area contributed by atoms with E-state index >= 15 is 0 Å². The minimum absolute atomic E-state index is 0.0388. The highest BCUT2D eigenvalue weighted by molar-refractivity contribution is 6.00. The van der Waals surface area contributed by atoms with Crippen LogP contribution in [-0.4, -0.2) is 34.0 Å². The van der Waals surface area contributed by atoms with Crippen LogP contribution in [0.15, 0.2) is 36.4 Å². The van der Waals surface area contributed by atoms with Crippen molar-refractivity contribution in [3.05, 3.63) is 53.3 Å². The lowest BCUT2D eigenvalue weighted by molar-refractivity contribution is -0.0498. The summed E-state index contributed by atoms with van der Waals surface area (Å²) in [7, 11) is 1.71. The van der Waals surface area contributed by atoms with E-state index in [1.54, 1.807) is 28.6 Å². The molecule has 1 aromatic heterocycles. The van der Waals surface area contributed by atoms with Gasteiger partial charge in [0, 0.05) is 7.05 Å². The van der Waals surface area contributed by atoms with Gasteiger partial charge in [-0.2, -0.15) is 8.78 Å². The average molecular weight is 401 g/mol. The fraction of sp³-hybridized carbons (Fsp3) is 0.364. The lowest BCUT2D eigenvalue weighted by Crippen LogP contribution is -2.30. The van der Waals surface area contributed by atoms with E-state index in [1.807, 2.05) is 45.9 Å². The number of carbonyl (C=O) groups is 1. The molecule has 2 aromatic carbocycles. The number of rotatable bonds is 3. The van der Waals surface area contributed by atoms with Crippen LogP contribution in [0.5, 0.6) is 5.75 Å². The molecule has 7 heteroatoms. The van der Waals surface area contributed by atoms with E-state index < -0.39 is 6.61 Å². The van der Waals surface area contributed by atoms with E-state index in [-0.39, 0.29) is 17.7 Å². The standard InChI is InChI=1S/C20H19F2N3O2.C2H6/c1-4-14-18-23-13-9-8-11(2)10-15(13)25(18)17-12(19(26)24(14)3)6-5-7-16(17)27-20(21)22;1-2/h5-10,14,20H,4H2,1-3H3;1-2H3. The Morgan fingerprint density at radius 2 is 1.93 bits per heavy atom. The van der Waals surface area contributed by atoms with E-state index in [0.717, 1.165) is 16.6 Å². The molecule has 3 aromatic rings. The first kappa shape index (κ1) is 20.8. The van der Waals surface area contributed by atoms with Crippen molar-refractivity contribution < 1.29 is 18.3 Å². The Morgan fingerprint density at radius 1 is 1.21 bits per heavy atom. The number of halogens is 2. The molecule has 2 heterocycles. The minimum atomic E-state index is -2.99. The summed E-state index contributed by atoms with van der Waals surface area (Å²) >= 11 is 0. The molecule has 4 rings (SSSR count). The molecule has 0 radical (unpaired) electrons. The summed E-state index contributed by atoms with van der Waals surface area (Å²) in [6.45, 7) is 4.93. The molecule has 0 saturated heterocycles. The van der Waals surface area contributed by atoms with Crippen molar-refractivity contribution >= 4 is 16.9 Å². The summed E-state index contributed by atoms with van der Waals surface area (Å²) in [5, 5.41) is 0. The molecule has 0 fully saturated rings. The summed E-state index contributed by atoms with van der Waals surface area (Å²) < 4.78 is 32.7. The Bertz CT molecular complexity index is 1050. The number of alkyl halides is 2. The maximum absolute atomic E-state index is 13.1. The second kappa shape index (κ2) is 8.19. The molecule has 1 aliphatic heterocycles. The van der Waals surface area contributed by atoms with Crippen molar-refractivity contribution in [1.82, 2.24) is 14.5 Å². The molecule has 0 aliphatic carbocycles. The number of para-hydroxylation sites is 1. The van der Waals surface area contributed by atoms with Gasteiger partial charge < -0.3 is 9.64 Å². The van der Waals surface area contributed by atoms with Gasteiger partial charge in [-0.25, -0.2) is 4.98 Å². The number of ether oxygens (including phenoxy) is 1. The maximum Gasteiger partial charge on any atom is 0.387 e. The molecule has 154 valence electrons. The monoisotopic (exact) mass is 401 g/mol. The zero-order valence-corrected chi connectivity index (χ0v) is 17.2. The van der Waals surface area contributed by atoms with Gasteiger partial charge in [-0.1, -0.05) is 32.9 Å². The summed E-state index contributed by atoms with van der Waals surface area (Å²) in [5.74, 6) is 0.351. The van der Waals surface area contributed by atoms with Crippen LogP contribution in [0, 0.1) is 6.92 Å². The fourth-order valence-corrected chi connectivity index (χ4v) is 3.74. The van der Waals surface area contributed by atoms with Crippen LogP contribution < -0.4 is 4.74 Å². The number of amides is 1. The topological polar surface area (TPSA) is 47.4 Å². The smallest absolute Gasteiger partial charge is 0.387 e. The number of imidazole rings is 1. The highest BCUT2D eigenvalue weighted by atomic mass is 19.3. The van der Waals surface area contributed by atoms with Gasteiger partial charge in [0.05, 0.1) is 22.6 Å². The summed E-state index contributed by atoms with van der Waals surface area (Å²) in [6.07, 6.45) is 0.642. The summed E-state index contributed by atoms with van der Waals surface area (Å²) in [5.41, 5.74) is 3.14. The van der Waals surface area contributed by atoms with E-state index in [1.165, 1.54) is 6.07 Å². The van der Waals surface area contributed by atoms with Crippen molar-refractivity contribution in [1.29, 1.82) is 0 Å². The Labute approximate surface area is 168 Å². The lowest BCUT2D eigenvalue weighted by atomic mass is 10.1. The second-order valence-electron chi connectivity index (χ2n) is 6.67. The van der Waals surface area contributed by atoms with Crippen LogP contribution in [0.4, 0.5) is 8.78 Å². The van der Waals surface area contributed by atoms with Crippen molar-refractivity contribution in [3.8, 4) is 11.4 Å². The van der Waals surface area contributed by atoms with E-state index in [4.69, 9.17) is 9.72 Å². The summed E-state index contributed by atoms with van der Waals surface area (Å²) in [6, 6.07) is 10.2. The van der Waals surface area contributed by atoms with Gasteiger partial charge in [-0.05, 0) is 43.2 Å². The predicted octanol–water partition coefficient (Wildman–Crippen LogP) is 5.50. The van der Waals surface area contributed by atoms with Crippen molar-refractivity contribution in [2.45, 2.75) is 46.8 Å². The van der Waals surface area contributed by atoms with E-state index in [2.05, 4.69) is 0 Å². The Balaban J connectivity index is 0.00000117. The zero-order chi connectivity index (χ0) is 21.3. The summed E-state index contributed by atoms with van der Waals surface area (Å²) in [4.78, 5) is 19.4.